The minimum atomic E-state index is -1.62. The molecule has 0 bridgehead atoms. The lowest BCUT2D eigenvalue weighted by atomic mass is 9.99. The third-order valence-electron chi connectivity index (χ3n) is 3.78. The van der Waals surface area contributed by atoms with Crippen molar-refractivity contribution in [3.63, 3.8) is 0 Å². The van der Waals surface area contributed by atoms with Crippen LogP contribution in [0.3, 0.4) is 0 Å². The van der Waals surface area contributed by atoms with Crippen LogP contribution < -0.4 is 5.32 Å². The van der Waals surface area contributed by atoms with Crippen LogP contribution in [0.1, 0.15) is 21.5 Å². The zero-order valence-electron chi connectivity index (χ0n) is 13.1. The van der Waals surface area contributed by atoms with Crippen LogP contribution in [0.15, 0.2) is 66.7 Å². The number of anilines is 1. The molecule has 0 saturated heterocycles. The van der Waals surface area contributed by atoms with Gasteiger partial charge in [0.1, 0.15) is 0 Å². The molecule has 2 nitrogen and oxygen atoms in total. The summed E-state index contributed by atoms with van der Waals surface area (Å²) in [4.78, 5) is 12.5. The minimum Gasteiger partial charge on any atom is -0.319 e. The fraction of sp³-hybridized carbons (Fsp3) is 0.0500. The number of carbonyl (C=O) groups is 1. The summed E-state index contributed by atoms with van der Waals surface area (Å²) >= 11 is 0. The summed E-state index contributed by atoms with van der Waals surface area (Å²) < 4.78 is 40.1. The Morgan fingerprint density at radius 2 is 1.48 bits per heavy atom. The van der Waals surface area contributed by atoms with Crippen molar-refractivity contribution < 1.29 is 18.0 Å². The molecule has 3 aromatic carbocycles. The molecule has 0 spiro atoms. The Labute approximate surface area is 142 Å². The molecule has 0 heterocycles. The van der Waals surface area contributed by atoms with Crippen molar-refractivity contribution in [3.8, 4) is 0 Å². The van der Waals surface area contributed by atoms with Gasteiger partial charge in [-0.3, -0.25) is 4.79 Å². The second kappa shape index (κ2) is 7.21. The van der Waals surface area contributed by atoms with Crippen LogP contribution in [0.4, 0.5) is 18.9 Å². The normalized spacial score (nSPS) is 10.5. The molecule has 0 fully saturated rings. The van der Waals surface area contributed by atoms with Crippen molar-refractivity contribution >= 4 is 11.6 Å². The van der Waals surface area contributed by atoms with E-state index in [1.165, 1.54) is 0 Å². The highest BCUT2D eigenvalue weighted by Crippen LogP contribution is 2.21. The van der Waals surface area contributed by atoms with Crippen molar-refractivity contribution in [3.05, 3.63) is 101 Å². The van der Waals surface area contributed by atoms with Crippen LogP contribution in [0.2, 0.25) is 0 Å². The zero-order chi connectivity index (χ0) is 17.8. The minimum absolute atomic E-state index is 0.343. The maximum Gasteiger partial charge on any atom is 0.256 e. The fourth-order valence-electron chi connectivity index (χ4n) is 2.52. The van der Waals surface area contributed by atoms with E-state index >= 15 is 0 Å². The molecule has 0 aliphatic heterocycles. The molecule has 1 amide bonds. The average Bonchev–Trinajstić information content (AvgIpc) is 2.63. The first-order valence-corrected chi connectivity index (χ1v) is 7.63. The Morgan fingerprint density at radius 1 is 0.800 bits per heavy atom. The Kier molecular flexibility index (Phi) is 4.84. The first kappa shape index (κ1) is 16.8. The van der Waals surface area contributed by atoms with Crippen molar-refractivity contribution in [2.45, 2.75) is 6.42 Å². The Morgan fingerprint density at radius 3 is 2.24 bits per heavy atom. The molecular formula is C20H14F3NO. The number of nitrogens with one attached hydrogen (secondary N) is 1. The molecule has 0 aliphatic rings. The maximum atomic E-state index is 13.8. The van der Waals surface area contributed by atoms with Crippen molar-refractivity contribution in [2.24, 2.45) is 0 Å². The lowest BCUT2D eigenvalue weighted by Crippen LogP contribution is -2.16. The molecule has 0 saturated carbocycles. The van der Waals surface area contributed by atoms with Gasteiger partial charge >= 0.3 is 0 Å². The molecule has 5 heteroatoms. The molecule has 0 aromatic heterocycles. The average molecular weight is 341 g/mol. The van der Waals surface area contributed by atoms with Crippen LogP contribution in [0.25, 0.3) is 0 Å². The number of rotatable bonds is 4. The number of hydrogen-bond donors (Lipinski definition) is 1. The topological polar surface area (TPSA) is 29.1 Å². The number of halogens is 3. The second-order valence-electron chi connectivity index (χ2n) is 5.50. The first-order chi connectivity index (χ1) is 12.1. The molecule has 3 rings (SSSR count). The summed E-state index contributed by atoms with van der Waals surface area (Å²) in [5, 5.41) is 2.30. The first-order valence-electron chi connectivity index (χ1n) is 7.63. The van der Waals surface area contributed by atoms with Gasteiger partial charge in [0.05, 0.1) is 5.69 Å². The molecular weight excluding hydrogens is 327 g/mol. The summed E-state index contributed by atoms with van der Waals surface area (Å²) in [6.45, 7) is 0. The van der Waals surface area contributed by atoms with Gasteiger partial charge in [0.2, 0.25) is 0 Å². The van der Waals surface area contributed by atoms with Crippen LogP contribution in [0, 0.1) is 17.5 Å². The van der Waals surface area contributed by atoms with Crippen molar-refractivity contribution in [2.75, 3.05) is 5.32 Å². The number of benzene rings is 3. The molecule has 0 radical (unpaired) electrons. The van der Waals surface area contributed by atoms with Gasteiger partial charge in [0, 0.05) is 5.56 Å². The van der Waals surface area contributed by atoms with Gasteiger partial charge in [-0.05, 0) is 35.7 Å². The van der Waals surface area contributed by atoms with Gasteiger partial charge < -0.3 is 5.32 Å². The highest BCUT2D eigenvalue weighted by Gasteiger charge is 2.17. The van der Waals surface area contributed by atoms with E-state index < -0.39 is 29.0 Å². The van der Waals surface area contributed by atoms with Crippen LogP contribution >= 0.6 is 0 Å². The Bertz CT molecular complexity index is 910. The highest BCUT2D eigenvalue weighted by molar-refractivity contribution is 6.05. The predicted molar refractivity (Wildman–Crippen MR) is 90.0 cm³/mol. The summed E-state index contributed by atoms with van der Waals surface area (Å²) in [6, 6.07) is 18.2. The van der Waals surface area contributed by atoms with E-state index in [1.807, 2.05) is 30.3 Å². The van der Waals surface area contributed by atoms with E-state index in [4.69, 9.17) is 0 Å². The van der Waals surface area contributed by atoms with Gasteiger partial charge in [-0.1, -0.05) is 48.5 Å². The van der Waals surface area contributed by atoms with E-state index in [9.17, 15) is 18.0 Å². The van der Waals surface area contributed by atoms with Crippen LogP contribution in [0.5, 0.6) is 0 Å². The smallest absolute Gasteiger partial charge is 0.256 e. The van der Waals surface area contributed by atoms with Gasteiger partial charge in [0.15, 0.2) is 17.5 Å². The summed E-state index contributed by atoms with van der Waals surface area (Å²) in [5.74, 6) is -4.93. The standard InChI is InChI=1S/C20H14F3NO/c21-16-10-11-17(19(23)18(16)22)24-20(25)15-9-5-4-8-14(15)12-13-6-2-1-3-7-13/h1-11H,12H2,(H,24,25). The number of carbonyl (C=O) groups excluding carboxylic acids is 1. The largest absolute Gasteiger partial charge is 0.319 e. The third-order valence-corrected chi connectivity index (χ3v) is 3.78. The Balaban J connectivity index is 1.87. The Hall–Kier alpha value is -3.08. The lowest BCUT2D eigenvalue weighted by Gasteiger charge is -2.11. The molecule has 126 valence electrons. The van der Waals surface area contributed by atoms with E-state index in [0.29, 0.717) is 12.0 Å². The van der Waals surface area contributed by atoms with Crippen LogP contribution in [-0.2, 0) is 6.42 Å². The van der Waals surface area contributed by atoms with Gasteiger partial charge in [-0.2, -0.15) is 0 Å². The van der Waals surface area contributed by atoms with Crippen molar-refractivity contribution in [1.82, 2.24) is 0 Å². The van der Waals surface area contributed by atoms with Gasteiger partial charge in [0.25, 0.3) is 5.91 Å². The molecule has 1 N–H and O–H groups in total. The fourth-order valence-corrected chi connectivity index (χ4v) is 2.52. The van der Waals surface area contributed by atoms with E-state index in [1.54, 1.807) is 24.3 Å². The third kappa shape index (κ3) is 3.71. The van der Waals surface area contributed by atoms with E-state index in [-0.39, 0.29) is 0 Å². The number of amides is 1. The van der Waals surface area contributed by atoms with Gasteiger partial charge in [-0.25, -0.2) is 13.2 Å². The van der Waals surface area contributed by atoms with Crippen LogP contribution in [-0.4, -0.2) is 5.91 Å². The summed E-state index contributed by atoms with van der Waals surface area (Å²) in [5.41, 5.74) is 1.70. The van der Waals surface area contributed by atoms with E-state index in [2.05, 4.69) is 5.32 Å². The van der Waals surface area contributed by atoms with Gasteiger partial charge in [-0.15, -0.1) is 0 Å². The molecule has 0 aliphatic carbocycles. The monoisotopic (exact) mass is 341 g/mol. The maximum absolute atomic E-state index is 13.8. The second-order valence-corrected chi connectivity index (χ2v) is 5.50. The van der Waals surface area contributed by atoms with E-state index in [0.717, 1.165) is 23.3 Å². The summed E-state index contributed by atoms with van der Waals surface area (Å²) in [7, 11) is 0. The number of hydrogen-bond acceptors (Lipinski definition) is 1. The quantitative estimate of drug-likeness (QED) is 0.669. The molecule has 0 atom stereocenters. The molecule has 3 aromatic rings. The SMILES string of the molecule is O=C(Nc1ccc(F)c(F)c1F)c1ccccc1Cc1ccccc1. The molecule has 0 unspecified atom stereocenters. The predicted octanol–water partition coefficient (Wildman–Crippen LogP) is 4.95. The lowest BCUT2D eigenvalue weighted by molar-refractivity contribution is 0.102. The molecule has 25 heavy (non-hydrogen) atoms. The summed E-state index contributed by atoms with van der Waals surface area (Å²) in [6.07, 6.45) is 0.519. The van der Waals surface area contributed by atoms with Crippen molar-refractivity contribution in [1.29, 1.82) is 0 Å². The zero-order valence-corrected chi connectivity index (χ0v) is 13.1. The highest BCUT2D eigenvalue weighted by atomic mass is 19.2.